The van der Waals surface area contributed by atoms with E-state index in [1.165, 1.54) is 11.3 Å². The van der Waals surface area contributed by atoms with Crippen LogP contribution in [0, 0.1) is 6.92 Å². The average Bonchev–Trinajstić information content (AvgIpc) is 2.73. The molecule has 0 unspecified atom stereocenters. The van der Waals surface area contributed by atoms with E-state index in [2.05, 4.69) is 19.7 Å². The molecule has 0 aliphatic heterocycles. The van der Waals surface area contributed by atoms with Crippen LogP contribution in [-0.2, 0) is 6.18 Å². The first-order valence-electron chi connectivity index (χ1n) is 4.94. The number of nitrogens with zero attached hydrogens (tertiary/aromatic N) is 3. The molecule has 0 aliphatic carbocycles. The molecule has 19 heavy (non-hydrogen) atoms. The predicted octanol–water partition coefficient (Wildman–Crippen LogP) is 3.59. The van der Waals surface area contributed by atoms with E-state index in [0.717, 1.165) is 12.8 Å². The van der Waals surface area contributed by atoms with Crippen LogP contribution < -0.4 is 4.74 Å². The van der Waals surface area contributed by atoms with Gasteiger partial charge in [0.15, 0.2) is 16.4 Å². The standard InChI is InChI=1S/C10H7ClF3N3OS/c1-4-3-19-9(15-4)7-16-6(11)5(10(12,13)14)8(17-7)18-2/h3H,1-2H3. The predicted molar refractivity (Wildman–Crippen MR) is 64.4 cm³/mol. The minimum Gasteiger partial charge on any atom is -0.480 e. The van der Waals surface area contributed by atoms with Crippen molar-refractivity contribution < 1.29 is 17.9 Å². The van der Waals surface area contributed by atoms with E-state index >= 15 is 0 Å². The zero-order valence-corrected chi connectivity index (χ0v) is 11.3. The number of aromatic nitrogens is 3. The fraction of sp³-hybridized carbons (Fsp3) is 0.300. The average molecular weight is 310 g/mol. The molecule has 0 aromatic carbocycles. The van der Waals surface area contributed by atoms with E-state index in [1.807, 2.05) is 0 Å². The highest BCUT2D eigenvalue weighted by Crippen LogP contribution is 2.40. The van der Waals surface area contributed by atoms with Gasteiger partial charge in [0.2, 0.25) is 5.88 Å². The van der Waals surface area contributed by atoms with Gasteiger partial charge in [-0.05, 0) is 6.92 Å². The molecule has 0 spiro atoms. The van der Waals surface area contributed by atoms with Gasteiger partial charge in [-0.3, -0.25) is 0 Å². The third kappa shape index (κ3) is 2.79. The third-order valence-corrected chi connectivity index (χ3v) is 3.35. The number of halogens is 4. The molecule has 0 N–H and O–H groups in total. The quantitative estimate of drug-likeness (QED) is 0.795. The van der Waals surface area contributed by atoms with Crippen LogP contribution in [0.2, 0.25) is 5.15 Å². The summed E-state index contributed by atoms with van der Waals surface area (Å²) in [7, 11) is 1.09. The molecule has 0 bridgehead atoms. The summed E-state index contributed by atoms with van der Waals surface area (Å²) in [6.07, 6.45) is -4.68. The van der Waals surface area contributed by atoms with Crippen molar-refractivity contribution in [3.8, 4) is 16.7 Å². The van der Waals surface area contributed by atoms with E-state index in [9.17, 15) is 13.2 Å². The molecule has 0 aliphatic rings. The highest BCUT2D eigenvalue weighted by Gasteiger charge is 2.39. The van der Waals surface area contributed by atoms with Crippen molar-refractivity contribution >= 4 is 22.9 Å². The molecule has 2 heterocycles. The van der Waals surface area contributed by atoms with Gasteiger partial charge in [0.25, 0.3) is 0 Å². The number of ether oxygens (including phenoxy) is 1. The van der Waals surface area contributed by atoms with E-state index in [1.54, 1.807) is 12.3 Å². The Labute approximate surface area is 115 Å². The number of aryl methyl sites for hydroxylation is 1. The van der Waals surface area contributed by atoms with E-state index in [4.69, 9.17) is 11.6 Å². The second kappa shape index (κ2) is 4.93. The maximum atomic E-state index is 12.8. The van der Waals surface area contributed by atoms with Crippen molar-refractivity contribution in [2.24, 2.45) is 0 Å². The Balaban J connectivity index is 2.60. The molecule has 2 aromatic rings. The van der Waals surface area contributed by atoms with Crippen molar-refractivity contribution in [1.82, 2.24) is 15.0 Å². The van der Waals surface area contributed by atoms with Crippen LogP contribution >= 0.6 is 22.9 Å². The topological polar surface area (TPSA) is 47.9 Å². The van der Waals surface area contributed by atoms with Gasteiger partial charge in [-0.25, -0.2) is 9.97 Å². The minimum atomic E-state index is -4.68. The molecular weight excluding hydrogens is 303 g/mol. The number of hydrogen-bond acceptors (Lipinski definition) is 5. The van der Waals surface area contributed by atoms with E-state index < -0.39 is 22.8 Å². The molecule has 0 amide bonds. The first kappa shape index (κ1) is 14.0. The zero-order valence-electron chi connectivity index (χ0n) is 9.75. The molecular formula is C10H7ClF3N3OS. The van der Waals surface area contributed by atoms with Crippen molar-refractivity contribution in [2.75, 3.05) is 7.11 Å². The van der Waals surface area contributed by atoms with Gasteiger partial charge >= 0.3 is 6.18 Å². The van der Waals surface area contributed by atoms with Crippen molar-refractivity contribution in [2.45, 2.75) is 13.1 Å². The molecule has 0 fully saturated rings. The Hall–Kier alpha value is -1.41. The summed E-state index contributed by atoms with van der Waals surface area (Å²) >= 11 is 6.79. The van der Waals surface area contributed by atoms with Crippen LogP contribution in [0.25, 0.3) is 10.8 Å². The van der Waals surface area contributed by atoms with Crippen LogP contribution in [0.15, 0.2) is 5.38 Å². The largest absolute Gasteiger partial charge is 0.480 e. The van der Waals surface area contributed by atoms with Crippen LogP contribution in [0.3, 0.4) is 0 Å². The molecule has 0 saturated carbocycles. The molecule has 102 valence electrons. The Morgan fingerprint density at radius 3 is 2.42 bits per heavy atom. The first-order chi connectivity index (χ1) is 8.82. The van der Waals surface area contributed by atoms with Crippen LogP contribution in [0.1, 0.15) is 11.3 Å². The summed E-state index contributed by atoms with van der Waals surface area (Å²) in [6.45, 7) is 1.75. The Bertz CT molecular complexity index is 615. The molecule has 0 radical (unpaired) electrons. The zero-order chi connectivity index (χ0) is 14.2. The highest BCUT2D eigenvalue weighted by molar-refractivity contribution is 7.13. The van der Waals surface area contributed by atoms with Crippen LogP contribution in [0.5, 0.6) is 5.88 Å². The summed E-state index contributed by atoms with van der Waals surface area (Å²) in [5.74, 6) is -0.608. The maximum absolute atomic E-state index is 12.8. The number of methoxy groups -OCH3 is 1. The van der Waals surface area contributed by atoms with E-state index in [-0.39, 0.29) is 5.82 Å². The van der Waals surface area contributed by atoms with Gasteiger partial charge < -0.3 is 4.74 Å². The lowest BCUT2D eigenvalue weighted by Gasteiger charge is -2.12. The van der Waals surface area contributed by atoms with Crippen LogP contribution in [0.4, 0.5) is 13.2 Å². The van der Waals surface area contributed by atoms with Crippen molar-refractivity contribution in [3.63, 3.8) is 0 Å². The Kier molecular flexibility index (Phi) is 3.64. The first-order valence-corrected chi connectivity index (χ1v) is 6.20. The molecule has 9 heteroatoms. The van der Waals surface area contributed by atoms with Gasteiger partial charge in [-0.15, -0.1) is 11.3 Å². The lowest BCUT2D eigenvalue weighted by atomic mass is 10.3. The summed E-state index contributed by atoms with van der Waals surface area (Å²) in [5, 5.41) is 1.41. The van der Waals surface area contributed by atoms with Gasteiger partial charge in [0.1, 0.15) is 5.15 Å². The fourth-order valence-electron chi connectivity index (χ4n) is 1.35. The van der Waals surface area contributed by atoms with Gasteiger partial charge in [0.05, 0.1) is 7.11 Å². The smallest absolute Gasteiger partial charge is 0.424 e. The summed E-state index contributed by atoms with van der Waals surface area (Å²) in [4.78, 5) is 11.4. The molecule has 4 nitrogen and oxygen atoms in total. The lowest BCUT2D eigenvalue weighted by molar-refractivity contribution is -0.139. The van der Waals surface area contributed by atoms with Gasteiger partial charge in [-0.1, -0.05) is 11.6 Å². The van der Waals surface area contributed by atoms with Crippen molar-refractivity contribution in [3.05, 3.63) is 21.8 Å². The van der Waals surface area contributed by atoms with Gasteiger partial charge in [0, 0.05) is 11.1 Å². The number of hydrogen-bond donors (Lipinski definition) is 0. The maximum Gasteiger partial charge on any atom is 0.424 e. The summed E-state index contributed by atoms with van der Waals surface area (Å²) in [6, 6.07) is 0. The highest BCUT2D eigenvalue weighted by atomic mass is 35.5. The molecule has 2 aromatic heterocycles. The SMILES string of the molecule is COc1nc(-c2nc(C)cs2)nc(Cl)c1C(F)(F)F. The summed E-state index contributed by atoms with van der Waals surface area (Å²) < 4.78 is 43.0. The monoisotopic (exact) mass is 309 g/mol. The lowest BCUT2D eigenvalue weighted by Crippen LogP contribution is -2.11. The Morgan fingerprint density at radius 2 is 1.95 bits per heavy atom. The Morgan fingerprint density at radius 1 is 1.26 bits per heavy atom. The number of alkyl halides is 3. The number of rotatable bonds is 2. The normalized spacial score (nSPS) is 11.7. The second-order valence-electron chi connectivity index (χ2n) is 3.51. The van der Waals surface area contributed by atoms with Gasteiger partial charge in [-0.2, -0.15) is 18.2 Å². The van der Waals surface area contributed by atoms with E-state index in [0.29, 0.717) is 5.01 Å². The third-order valence-electron chi connectivity index (χ3n) is 2.12. The molecule has 0 atom stereocenters. The fourth-order valence-corrected chi connectivity index (χ4v) is 2.35. The number of thiazole rings is 1. The molecule has 2 rings (SSSR count). The minimum absolute atomic E-state index is 0.00736. The van der Waals surface area contributed by atoms with Crippen molar-refractivity contribution in [1.29, 1.82) is 0 Å². The second-order valence-corrected chi connectivity index (χ2v) is 4.73. The molecule has 0 saturated heterocycles. The summed E-state index contributed by atoms with van der Waals surface area (Å²) in [5.41, 5.74) is -0.465. The van der Waals surface area contributed by atoms with Crippen LogP contribution in [-0.4, -0.2) is 22.1 Å².